The Labute approximate surface area is 115 Å². The first-order chi connectivity index (χ1) is 8.94. The maximum absolute atomic E-state index is 14.1. The van der Waals surface area contributed by atoms with Gasteiger partial charge in [0.2, 0.25) is 0 Å². The molecule has 0 bridgehead atoms. The number of aromatic nitrogens is 1. The molecule has 1 aromatic heterocycles. The van der Waals surface area contributed by atoms with Gasteiger partial charge < -0.3 is 10.1 Å². The fourth-order valence-corrected chi connectivity index (χ4v) is 1.55. The summed E-state index contributed by atoms with van der Waals surface area (Å²) >= 11 is 0. The highest BCUT2D eigenvalue weighted by molar-refractivity contribution is 5.23. The van der Waals surface area contributed by atoms with Crippen LogP contribution in [0.2, 0.25) is 0 Å². The second-order valence-corrected chi connectivity index (χ2v) is 5.93. The van der Waals surface area contributed by atoms with Gasteiger partial charge in [-0.05, 0) is 30.9 Å². The van der Waals surface area contributed by atoms with E-state index in [4.69, 9.17) is 4.74 Å². The average Bonchev–Trinajstić information content (AvgIpc) is 2.32. The Hall–Kier alpha value is -1.16. The fraction of sp³-hybridized carbons (Fsp3) is 0.667. The number of nitrogens with one attached hydrogen (secondary N) is 1. The molecular formula is C15H25FN2O. The van der Waals surface area contributed by atoms with Crippen LogP contribution < -0.4 is 10.1 Å². The van der Waals surface area contributed by atoms with Crippen LogP contribution >= 0.6 is 0 Å². The van der Waals surface area contributed by atoms with Gasteiger partial charge in [-0.3, -0.25) is 0 Å². The molecule has 0 atom stereocenters. The Morgan fingerprint density at radius 3 is 2.74 bits per heavy atom. The summed E-state index contributed by atoms with van der Waals surface area (Å²) in [4.78, 5) is 3.96. The Balaban J connectivity index is 2.56. The van der Waals surface area contributed by atoms with Gasteiger partial charge in [-0.15, -0.1) is 0 Å². The van der Waals surface area contributed by atoms with Gasteiger partial charge in [-0.1, -0.05) is 27.7 Å². The number of hydrogen-bond donors (Lipinski definition) is 1. The molecule has 1 N–H and O–H groups in total. The predicted molar refractivity (Wildman–Crippen MR) is 75.8 cm³/mol. The highest BCUT2D eigenvalue weighted by atomic mass is 19.1. The molecule has 4 heteroatoms. The van der Waals surface area contributed by atoms with E-state index in [9.17, 15) is 4.39 Å². The quantitative estimate of drug-likeness (QED) is 0.768. The van der Waals surface area contributed by atoms with Gasteiger partial charge in [0, 0.05) is 18.3 Å². The summed E-state index contributed by atoms with van der Waals surface area (Å²) in [5.41, 5.74) is 0.783. The molecule has 0 saturated carbocycles. The molecule has 0 aliphatic rings. The molecule has 3 nitrogen and oxygen atoms in total. The first-order valence-electron chi connectivity index (χ1n) is 6.91. The molecule has 1 heterocycles. The second-order valence-electron chi connectivity index (χ2n) is 5.93. The van der Waals surface area contributed by atoms with Crippen LogP contribution in [0.4, 0.5) is 4.39 Å². The van der Waals surface area contributed by atoms with E-state index < -0.39 is 0 Å². The van der Waals surface area contributed by atoms with Gasteiger partial charge in [-0.2, -0.15) is 0 Å². The zero-order valence-corrected chi connectivity index (χ0v) is 12.4. The third-order valence-corrected chi connectivity index (χ3v) is 2.77. The van der Waals surface area contributed by atoms with Crippen molar-refractivity contribution in [2.45, 2.75) is 47.1 Å². The molecule has 0 aliphatic carbocycles. The van der Waals surface area contributed by atoms with Crippen molar-refractivity contribution in [1.29, 1.82) is 0 Å². The van der Waals surface area contributed by atoms with E-state index in [0.29, 0.717) is 18.7 Å². The van der Waals surface area contributed by atoms with Crippen LogP contribution in [0, 0.1) is 11.2 Å². The zero-order valence-electron chi connectivity index (χ0n) is 12.4. The van der Waals surface area contributed by atoms with E-state index in [1.54, 1.807) is 12.3 Å². The standard InChI is InChI=1S/C15H25FN2O/c1-5-8-17-11-12-6-9-18-14(13(12)16)19-10-7-15(2,3)4/h6,9,17H,5,7-8,10-11H2,1-4H3. The minimum Gasteiger partial charge on any atom is -0.476 e. The average molecular weight is 268 g/mol. The summed E-state index contributed by atoms with van der Waals surface area (Å²) < 4.78 is 19.5. The van der Waals surface area contributed by atoms with Crippen LogP contribution in [-0.2, 0) is 6.54 Å². The summed E-state index contributed by atoms with van der Waals surface area (Å²) in [7, 11) is 0. The van der Waals surface area contributed by atoms with Gasteiger partial charge >= 0.3 is 0 Å². The normalized spacial score (nSPS) is 11.6. The lowest BCUT2D eigenvalue weighted by molar-refractivity contribution is 0.227. The molecule has 108 valence electrons. The highest BCUT2D eigenvalue weighted by Gasteiger charge is 2.13. The van der Waals surface area contributed by atoms with Crippen molar-refractivity contribution < 1.29 is 9.13 Å². The lowest BCUT2D eigenvalue weighted by atomic mass is 9.93. The maximum atomic E-state index is 14.1. The first-order valence-corrected chi connectivity index (χ1v) is 6.91. The number of ether oxygens (including phenoxy) is 1. The molecule has 0 aliphatic heterocycles. The largest absolute Gasteiger partial charge is 0.476 e. The summed E-state index contributed by atoms with van der Waals surface area (Å²) in [5.74, 6) is -0.236. The number of rotatable bonds is 7. The summed E-state index contributed by atoms with van der Waals surface area (Å²) in [6.07, 6.45) is 3.49. The number of halogens is 1. The van der Waals surface area contributed by atoms with Gasteiger partial charge in [0.15, 0.2) is 5.82 Å². The topological polar surface area (TPSA) is 34.2 Å². The molecule has 0 spiro atoms. The minimum absolute atomic E-state index is 0.111. The lowest BCUT2D eigenvalue weighted by Gasteiger charge is -2.18. The van der Waals surface area contributed by atoms with Crippen LogP contribution in [0.1, 0.15) is 46.1 Å². The summed E-state index contributed by atoms with van der Waals surface area (Å²) in [6.45, 7) is 10.3. The molecule has 1 rings (SSSR count). The Morgan fingerprint density at radius 1 is 1.37 bits per heavy atom. The first kappa shape index (κ1) is 15.9. The molecule has 19 heavy (non-hydrogen) atoms. The molecule has 0 unspecified atom stereocenters. The fourth-order valence-electron chi connectivity index (χ4n) is 1.55. The van der Waals surface area contributed by atoms with Crippen LogP contribution in [0.15, 0.2) is 12.3 Å². The summed E-state index contributed by atoms with van der Waals surface area (Å²) in [5, 5.41) is 3.18. The van der Waals surface area contributed by atoms with Crippen molar-refractivity contribution in [3.63, 3.8) is 0 Å². The zero-order chi connectivity index (χ0) is 14.3. The van der Waals surface area contributed by atoms with Crippen molar-refractivity contribution in [2.24, 2.45) is 5.41 Å². The highest BCUT2D eigenvalue weighted by Crippen LogP contribution is 2.21. The molecule has 0 aromatic carbocycles. The third-order valence-electron chi connectivity index (χ3n) is 2.77. The van der Waals surface area contributed by atoms with E-state index in [0.717, 1.165) is 19.4 Å². The van der Waals surface area contributed by atoms with E-state index in [1.165, 1.54) is 0 Å². The predicted octanol–water partition coefficient (Wildman–Crippen LogP) is 3.54. The van der Waals surface area contributed by atoms with Gasteiger partial charge in [0.25, 0.3) is 5.88 Å². The second kappa shape index (κ2) is 7.43. The van der Waals surface area contributed by atoms with Crippen molar-refractivity contribution >= 4 is 0 Å². The Morgan fingerprint density at radius 2 is 2.11 bits per heavy atom. The monoisotopic (exact) mass is 268 g/mol. The molecule has 0 saturated heterocycles. The Kier molecular flexibility index (Phi) is 6.22. The van der Waals surface area contributed by atoms with E-state index in [2.05, 4.69) is 38.0 Å². The van der Waals surface area contributed by atoms with Crippen molar-refractivity contribution in [3.8, 4) is 5.88 Å². The third kappa shape index (κ3) is 6.01. The smallest absolute Gasteiger partial charge is 0.250 e. The van der Waals surface area contributed by atoms with Crippen LogP contribution in [0.3, 0.4) is 0 Å². The Bertz CT molecular complexity index is 388. The van der Waals surface area contributed by atoms with Gasteiger partial charge in [-0.25, -0.2) is 9.37 Å². The van der Waals surface area contributed by atoms with Gasteiger partial charge in [0.1, 0.15) is 0 Å². The molecule has 0 amide bonds. The van der Waals surface area contributed by atoms with Gasteiger partial charge in [0.05, 0.1) is 6.61 Å². The van der Waals surface area contributed by atoms with Crippen LogP contribution in [0.25, 0.3) is 0 Å². The molecule has 1 aromatic rings. The van der Waals surface area contributed by atoms with Crippen LogP contribution in [-0.4, -0.2) is 18.1 Å². The number of pyridine rings is 1. The summed E-state index contributed by atoms with van der Waals surface area (Å²) in [6, 6.07) is 1.69. The van der Waals surface area contributed by atoms with E-state index in [-0.39, 0.29) is 17.1 Å². The molecular weight excluding hydrogens is 243 g/mol. The number of hydrogen-bond acceptors (Lipinski definition) is 3. The minimum atomic E-state index is -0.347. The number of nitrogens with zero attached hydrogens (tertiary/aromatic N) is 1. The molecule has 0 fully saturated rings. The lowest BCUT2D eigenvalue weighted by Crippen LogP contribution is -2.16. The van der Waals surface area contributed by atoms with E-state index in [1.807, 2.05) is 0 Å². The van der Waals surface area contributed by atoms with Crippen molar-refractivity contribution in [1.82, 2.24) is 10.3 Å². The molecule has 0 radical (unpaired) electrons. The van der Waals surface area contributed by atoms with Crippen LogP contribution in [0.5, 0.6) is 5.88 Å². The van der Waals surface area contributed by atoms with Crippen molar-refractivity contribution in [3.05, 3.63) is 23.6 Å². The SMILES string of the molecule is CCCNCc1ccnc(OCCC(C)(C)C)c1F. The van der Waals surface area contributed by atoms with E-state index >= 15 is 0 Å². The maximum Gasteiger partial charge on any atom is 0.250 e. The van der Waals surface area contributed by atoms with Crippen molar-refractivity contribution in [2.75, 3.05) is 13.2 Å².